The number of aromatic nitrogens is 2. The highest BCUT2D eigenvalue weighted by molar-refractivity contribution is 6.05. The van der Waals surface area contributed by atoms with Crippen LogP contribution in [-0.2, 0) is 0 Å². The molecule has 5 aromatic rings. The van der Waals surface area contributed by atoms with Crippen LogP contribution in [0.25, 0.3) is 27.6 Å². The van der Waals surface area contributed by atoms with Crippen LogP contribution in [0.5, 0.6) is 0 Å². The molecule has 0 radical (unpaired) electrons. The van der Waals surface area contributed by atoms with Crippen LogP contribution in [-0.4, -0.2) is 15.5 Å². The van der Waals surface area contributed by atoms with E-state index in [1.54, 1.807) is 73.7 Å². The Hall–Kier alpha value is -4.52. The number of nitrogens with zero attached hydrogens (tertiary/aromatic N) is 2. The van der Waals surface area contributed by atoms with Crippen molar-refractivity contribution in [3.63, 3.8) is 0 Å². The minimum atomic E-state index is -0.706. The molecule has 0 spiro atoms. The molecular weight excluding hydrogens is 406 g/mol. The van der Waals surface area contributed by atoms with Crippen molar-refractivity contribution in [3.05, 3.63) is 111 Å². The lowest BCUT2D eigenvalue weighted by atomic mass is 10.1. The Labute approximate surface area is 181 Å². The van der Waals surface area contributed by atoms with Crippen molar-refractivity contribution in [2.75, 3.05) is 5.32 Å². The first kappa shape index (κ1) is 19.4. The first-order valence-corrected chi connectivity index (χ1v) is 9.94. The molecule has 0 saturated heterocycles. The maximum absolute atomic E-state index is 13.0. The number of rotatable bonds is 3. The van der Waals surface area contributed by atoms with E-state index < -0.39 is 11.5 Å². The van der Waals surface area contributed by atoms with Gasteiger partial charge in [-0.05, 0) is 55.5 Å². The Morgan fingerprint density at radius 3 is 2.47 bits per heavy atom. The average Bonchev–Trinajstić information content (AvgIpc) is 2.79. The summed E-state index contributed by atoms with van der Waals surface area (Å²) >= 11 is 0. The third-order valence-corrected chi connectivity index (χ3v) is 5.21. The second kappa shape index (κ2) is 7.63. The summed E-state index contributed by atoms with van der Waals surface area (Å²) in [6, 6.07) is 22.4. The Kier molecular flexibility index (Phi) is 4.63. The Morgan fingerprint density at radius 2 is 1.66 bits per heavy atom. The summed E-state index contributed by atoms with van der Waals surface area (Å²) in [5.41, 5.74) is 1.20. The van der Waals surface area contributed by atoms with Crippen LogP contribution < -0.4 is 16.5 Å². The number of carbonyl (C=O) groups excluding carboxylic acids is 1. The number of hydrogen-bond acceptors (Lipinski definition) is 5. The van der Waals surface area contributed by atoms with E-state index in [-0.39, 0.29) is 11.1 Å². The second-order valence-electron chi connectivity index (χ2n) is 7.30. The summed E-state index contributed by atoms with van der Waals surface area (Å²) in [6.07, 6.45) is 0. The third-order valence-electron chi connectivity index (χ3n) is 5.21. The van der Waals surface area contributed by atoms with Gasteiger partial charge in [0.05, 0.1) is 16.6 Å². The topological polar surface area (TPSA) is 94.2 Å². The smallest absolute Gasteiger partial charge is 0.349 e. The first-order valence-electron chi connectivity index (χ1n) is 9.94. The molecule has 0 bridgehead atoms. The predicted molar refractivity (Wildman–Crippen MR) is 123 cm³/mol. The number of benzene rings is 3. The highest BCUT2D eigenvalue weighted by Crippen LogP contribution is 2.17. The number of hydrogen-bond donors (Lipinski definition) is 1. The zero-order valence-corrected chi connectivity index (χ0v) is 17.0. The largest absolute Gasteiger partial charge is 0.422 e. The highest BCUT2D eigenvalue weighted by Gasteiger charge is 2.14. The second-order valence-corrected chi connectivity index (χ2v) is 7.30. The molecule has 32 heavy (non-hydrogen) atoms. The van der Waals surface area contributed by atoms with Gasteiger partial charge >= 0.3 is 5.63 Å². The number of para-hydroxylation sites is 2. The van der Waals surface area contributed by atoms with Crippen LogP contribution in [0.3, 0.4) is 0 Å². The molecule has 7 nitrogen and oxygen atoms in total. The lowest BCUT2D eigenvalue weighted by Gasteiger charge is -2.12. The van der Waals surface area contributed by atoms with E-state index in [0.29, 0.717) is 39.1 Å². The van der Waals surface area contributed by atoms with E-state index in [9.17, 15) is 14.4 Å². The van der Waals surface area contributed by atoms with Crippen LogP contribution >= 0.6 is 0 Å². The molecule has 0 fully saturated rings. The lowest BCUT2D eigenvalue weighted by molar-refractivity contribution is 0.102. The zero-order valence-electron chi connectivity index (χ0n) is 17.0. The van der Waals surface area contributed by atoms with Gasteiger partial charge in [-0.15, -0.1) is 0 Å². The van der Waals surface area contributed by atoms with Gasteiger partial charge in [0.15, 0.2) is 0 Å². The summed E-state index contributed by atoms with van der Waals surface area (Å²) in [4.78, 5) is 42.3. The summed E-state index contributed by atoms with van der Waals surface area (Å²) in [5.74, 6) is -0.0165. The first-order chi connectivity index (χ1) is 15.5. The van der Waals surface area contributed by atoms with E-state index in [2.05, 4.69) is 10.3 Å². The predicted octanol–water partition coefficient (Wildman–Crippen LogP) is 4.05. The third kappa shape index (κ3) is 3.35. The van der Waals surface area contributed by atoms with Gasteiger partial charge in [0.1, 0.15) is 17.0 Å². The number of carbonyl (C=O) groups is 1. The van der Waals surface area contributed by atoms with Crippen molar-refractivity contribution in [2.45, 2.75) is 6.92 Å². The fraction of sp³-hybridized carbons (Fsp3) is 0.0400. The van der Waals surface area contributed by atoms with E-state index in [4.69, 9.17) is 4.42 Å². The molecule has 1 amide bonds. The van der Waals surface area contributed by atoms with Gasteiger partial charge in [-0.1, -0.05) is 30.3 Å². The molecule has 0 saturated carbocycles. The molecule has 3 aromatic carbocycles. The van der Waals surface area contributed by atoms with Crippen molar-refractivity contribution in [2.24, 2.45) is 0 Å². The van der Waals surface area contributed by atoms with Gasteiger partial charge in [-0.2, -0.15) is 0 Å². The van der Waals surface area contributed by atoms with Crippen LogP contribution in [0, 0.1) is 6.92 Å². The van der Waals surface area contributed by atoms with Gasteiger partial charge in [-0.3, -0.25) is 14.2 Å². The van der Waals surface area contributed by atoms with Crippen LogP contribution in [0.1, 0.15) is 16.2 Å². The van der Waals surface area contributed by atoms with Crippen molar-refractivity contribution in [3.8, 4) is 5.69 Å². The van der Waals surface area contributed by atoms with Gasteiger partial charge in [0, 0.05) is 11.1 Å². The van der Waals surface area contributed by atoms with E-state index in [1.165, 1.54) is 10.6 Å². The average molecular weight is 423 g/mol. The molecular formula is C25H17N3O4. The van der Waals surface area contributed by atoms with Crippen LogP contribution in [0.2, 0.25) is 0 Å². The maximum Gasteiger partial charge on any atom is 0.349 e. The summed E-state index contributed by atoms with van der Waals surface area (Å²) in [7, 11) is 0. The normalized spacial score (nSPS) is 11.0. The van der Waals surface area contributed by atoms with Crippen molar-refractivity contribution < 1.29 is 9.21 Å². The van der Waals surface area contributed by atoms with Crippen LogP contribution in [0.15, 0.2) is 92.9 Å². The van der Waals surface area contributed by atoms with Crippen molar-refractivity contribution >= 4 is 33.5 Å². The zero-order chi connectivity index (χ0) is 22.2. The quantitative estimate of drug-likeness (QED) is 0.442. The van der Waals surface area contributed by atoms with Gasteiger partial charge in [-0.25, -0.2) is 9.78 Å². The molecule has 0 unspecified atom stereocenters. The molecule has 0 atom stereocenters. The molecule has 7 heteroatoms. The van der Waals surface area contributed by atoms with E-state index >= 15 is 0 Å². The fourth-order valence-electron chi connectivity index (χ4n) is 3.66. The Morgan fingerprint density at radius 1 is 0.938 bits per heavy atom. The molecule has 0 aliphatic carbocycles. The number of fused-ring (bicyclic) bond motifs is 2. The van der Waals surface area contributed by atoms with E-state index in [0.717, 1.165) is 0 Å². The summed E-state index contributed by atoms with van der Waals surface area (Å²) in [6.45, 7) is 1.77. The Balaban J connectivity index is 1.46. The molecule has 2 aromatic heterocycles. The van der Waals surface area contributed by atoms with Gasteiger partial charge < -0.3 is 9.73 Å². The van der Waals surface area contributed by atoms with Gasteiger partial charge in [0.2, 0.25) is 0 Å². The molecule has 0 aliphatic heterocycles. The molecule has 1 N–H and O–H groups in total. The fourth-order valence-corrected chi connectivity index (χ4v) is 3.66. The standard InChI is InChI=1S/C25H17N3O4/c1-15-26-21-8-4-3-7-19(21)24(30)28(15)18-12-10-17(11-13-18)27-23(29)20-14-16-6-2-5-9-22(16)32-25(20)31/h2-14H,1H3,(H,27,29). The number of amides is 1. The molecule has 5 rings (SSSR count). The molecule has 0 aliphatic rings. The number of anilines is 1. The van der Waals surface area contributed by atoms with Crippen LogP contribution in [0.4, 0.5) is 5.69 Å². The molecule has 2 heterocycles. The molecule has 156 valence electrons. The highest BCUT2D eigenvalue weighted by atomic mass is 16.4. The minimum Gasteiger partial charge on any atom is -0.422 e. The minimum absolute atomic E-state index is 0.0847. The SMILES string of the molecule is Cc1nc2ccccc2c(=O)n1-c1ccc(NC(=O)c2cc3ccccc3oc2=O)cc1. The van der Waals surface area contributed by atoms with Gasteiger partial charge in [0.25, 0.3) is 11.5 Å². The Bertz CT molecular complexity index is 1620. The number of aryl methyl sites for hydroxylation is 1. The monoisotopic (exact) mass is 423 g/mol. The van der Waals surface area contributed by atoms with Crippen molar-refractivity contribution in [1.82, 2.24) is 9.55 Å². The van der Waals surface area contributed by atoms with E-state index in [1.807, 2.05) is 6.07 Å². The lowest BCUT2D eigenvalue weighted by Crippen LogP contribution is -2.22. The maximum atomic E-state index is 13.0. The van der Waals surface area contributed by atoms with Crippen molar-refractivity contribution in [1.29, 1.82) is 0 Å². The summed E-state index contributed by atoms with van der Waals surface area (Å²) in [5, 5.41) is 3.88. The summed E-state index contributed by atoms with van der Waals surface area (Å²) < 4.78 is 6.75. The number of nitrogens with one attached hydrogen (secondary N) is 1.